The van der Waals surface area contributed by atoms with Gasteiger partial charge in [0.15, 0.2) is 0 Å². The molecule has 0 aromatic rings. The van der Waals surface area contributed by atoms with Gasteiger partial charge in [-0.3, -0.25) is 0 Å². The Labute approximate surface area is 165 Å². The highest BCUT2D eigenvalue weighted by atomic mass is 15.1. The molecule has 0 N–H and O–H groups in total. The maximum Gasteiger partial charge on any atom is 0.0736 e. The second-order valence-corrected chi connectivity index (χ2v) is 8.69. The van der Waals surface area contributed by atoms with E-state index in [-0.39, 0.29) is 0 Å². The Morgan fingerprint density at radius 3 is 1.35 bits per heavy atom. The average molecular weight is 365 g/mol. The fraction of sp³-hybridized carbons (Fsp3) is 1.00. The topological polar surface area (TPSA) is 24.7 Å². The summed E-state index contributed by atoms with van der Waals surface area (Å²) in [6, 6.07) is 0.967. The molecule has 26 heavy (non-hydrogen) atoms. The van der Waals surface area contributed by atoms with Crippen molar-refractivity contribution in [2.24, 2.45) is 22.1 Å². The molecule has 0 aromatic heterocycles. The number of hydrogen-bond donors (Lipinski definition) is 0. The van der Waals surface area contributed by atoms with Crippen molar-refractivity contribution >= 4 is 0 Å². The van der Waals surface area contributed by atoms with Crippen molar-refractivity contribution in [2.75, 3.05) is 0 Å². The second-order valence-electron chi connectivity index (χ2n) is 8.69. The van der Waals surface area contributed by atoms with Crippen molar-refractivity contribution < 1.29 is 0 Å². The first-order valence-electron chi connectivity index (χ1n) is 12.2. The molecule has 2 nitrogen and oxygen atoms in total. The Balaban J connectivity index is 2.86. The van der Waals surface area contributed by atoms with E-state index < -0.39 is 0 Å². The zero-order valence-corrected chi connectivity index (χ0v) is 18.5. The fourth-order valence-corrected chi connectivity index (χ4v) is 4.63. The lowest BCUT2D eigenvalue weighted by atomic mass is 9.87. The SMILES string of the molecule is CCCCC(CC)C1CCCCCCCCC(C(CC)CCCC)N=N1. The van der Waals surface area contributed by atoms with Gasteiger partial charge in [-0.15, -0.1) is 0 Å². The molecule has 1 rings (SSSR count). The van der Waals surface area contributed by atoms with Crippen molar-refractivity contribution in [1.29, 1.82) is 0 Å². The summed E-state index contributed by atoms with van der Waals surface area (Å²) in [5.41, 5.74) is 0. The molecule has 4 unspecified atom stereocenters. The molecule has 1 aliphatic heterocycles. The van der Waals surface area contributed by atoms with Crippen LogP contribution in [0.4, 0.5) is 0 Å². The van der Waals surface area contributed by atoms with Crippen LogP contribution in [0.3, 0.4) is 0 Å². The lowest BCUT2D eigenvalue weighted by Crippen LogP contribution is -2.22. The molecule has 0 saturated carbocycles. The van der Waals surface area contributed by atoms with E-state index in [0.717, 1.165) is 11.8 Å². The first kappa shape index (κ1) is 23.6. The van der Waals surface area contributed by atoms with Gasteiger partial charge < -0.3 is 0 Å². The largest absolute Gasteiger partial charge is 0.190 e. The summed E-state index contributed by atoms with van der Waals surface area (Å²) in [4.78, 5) is 0. The number of rotatable bonds is 10. The van der Waals surface area contributed by atoms with Gasteiger partial charge in [0.05, 0.1) is 12.1 Å². The molecule has 0 bridgehead atoms. The highest BCUT2D eigenvalue weighted by molar-refractivity contribution is 4.79. The van der Waals surface area contributed by atoms with Gasteiger partial charge in [0.1, 0.15) is 0 Å². The Hall–Kier alpha value is -0.400. The normalized spacial score (nSPS) is 25.2. The third kappa shape index (κ3) is 9.51. The van der Waals surface area contributed by atoms with Crippen LogP contribution in [0.15, 0.2) is 10.2 Å². The van der Waals surface area contributed by atoms with Gasteiger partial charge in [-0.1, -0.05) is 105 Å². The van der Waals surface area contributed by atoms with Gasteiger partial charge in [0.2, 0.25) is 0 Å². The Morgan fingerprint density at radius 1 is 0.615 bits per heavy atom. The van der Waals surface area contributed by atoms with Gasteiger partial charge in [0, 0.05) is 0 Å². The summed E-state index contributed by atoms with van der Waals surface area (Å²) in [5, 5.41) is 10.1. The van der Waals surface area contributed by atoms with E-state index in [2.05, 4.69) is 27.7 Å². The molecule has 2 heteroatoms. The van der Waals surface area contributed by atoms with E-state index in [1.54, 1.807) is 0 Å². The second kappa shape index (κ2) is 15.6. The zero-order valence-electron chi connectivity index (χ0n) is 18.5. The summed E-state index contributed by atoms with van der Waals surface area (Å²) >= 11 is 0. The molecule has 0 aromatic carbocycles. The van der Waals surface area contributed by atoms with E-state index >= 15 is 0 Å². The van der Waals surface area contributed by atoms with Gasteiger partial charge in [-0.2, -0.15) is 10.2 Å². The van der Waals surface area contributed by atoms with E-state index in [9.17, 15) is 0 Å². The van der Waals surface area contributed by atoms with Crippen LogP contribution in [0, 0.1) is 11.8 Å². The first-order chi connectivity index (χ1) is 12.8. The van der Waals surface area contributed by atoms with E-state index in [0.29, 0.717) is 12.1 Å². The molecule has 1 aliphatic rings. The maximum absolute atomic E-state index is 5.06. The van der Waals surface area contributed by atoms with Crippen molar-refractivity contribution in [1.82, 2.24) is 0 Å². The summed E-state index contributed by atoms with van der Waals surface area (Å²) in [7, 11) is 0. The summed E-state index contributed by atoms with van der Waals surface area (Å²) in [6.45, 7) is 9.34. The molecule has 154 valence electrons. The van der Waals surface area contributed by atoms with Gasteiger partial charge in [0.25, 0.3) is 0 Å². The monoisotopic (exact) mass is 364 g/mol. The van der Waals surface area contributed by atoms with Crippen LogP contribution in [-0.2, 0) is 0 Å². The zero-order chi connectivity index (χ0) is 19.0. The van der Waals surface area contributed by atoms with E-state index in [1.807, 2.05) is 0 Å². The van der Waals surface area contributed by atoms with E-state index in [1.165, 1.54) is 103 Å². The van der Waals surface area contributed by atoms with Crippen LogP contribution in [0.5, 0.6) is 0 Å². The number of nitrogens with zero attached hydrogens (tertiary/aromatic N) is 2. The van der Waals surface area contributed by atoms with Crippen LogP contribution in [0.25, 0.3) is 0 Å². The highest BCUT2D eigenvalue weighted by Crippen LogP contribution is 2.29. The smallest absolute Gasteiger partial charge is 0.0736 e. The molecule has 4 atom stereocenters. The van der Waals surface area contributed by atoms with Crippen molar-refractivity contribution in [3.63, 3.8) is 0 Å². The summed E-state index contributed by atoms with van der Waals surface area (Å²) < 4.78 is 0. The predicted octanol–water partition coefficient (Wildman–Crippen LogP) is 8.74. The third-order valence-corrected chi connectivity index (χ3v) is 6.61. The Kier molecular flexibility index (Phi) is 14.2. The lowest BCUT2D eigenvalue weighted by Gasteiger charge is -2.26. The molecule has 0 radical (unpaired) electrons. The van der Waals surface area contributed by atoms with Crippen molar-refractivity contribution in [2.45, 2.75) is 143 Å². The minimum Gasteiger partial charge on any atom is -0.190 e. The van der Waals surface area contributed by atoms with Crippen LogP contribution >= 0.6 is 0 Å². The van der Waals surface area contributed by atoms with Crippen LogP contribution < -0.4 is 0 Å². The lowest BCUT2D eigenvalue weighted by molar-refractivity contribution is 0.301. The molecular formula is C24H48N2. The van der Waals surface area contributed by atoms with Crippen molar-refractivity contribution in [3.05, 3.63) is 0 Å². The summed E-state index contributed by atoms with van der Waals surface area (Å²) in [5.74, 6) is 1.50. The van der Waals surface area contributed by atoms with Gasteiger partial charge in [-0.05, 0) is 37.5 Å². The Morgan fingerprint density at radius 2 is 1.00 bits per heavy atom. The molecule has 0 aliphatic carbocycles. The minimum atomic E-state index is 0.483. The molecule has 1 heterocycles. The fourth-order valence-electron chi connectivity index (χ4n) is 4.63. The van der Waals surface area contributed by atoms with Crippen LogP contribution in [0.1, 0.15) is 130 Å². The van der Waals surface area contributed by atoms with E-state index in [4.69, 9.17) is 10.2 Å². The predicted molar refractivity (Wildman–Crippen MR) is 116 cm³/mol. The number of azo groups is 1. The standard InChI is InChI=1S/C24H48N2/c1-5-9-17-21(7-3)23-19-15-13-11-12-14-16-20-24(26-25-23)22(8-4)18-10-6-2/h21-24H,5-20H2,1-4H3. The highest BCUT2D eigenvalue weighted by Gasteiger charge is 2.23. The molecule has 0 fully saturated rings. The maximum atomic E-state index is 5.06. The van der Waals surface area contributed by atoms with Crippen molar-refractivity contribution in [3.8, 4) is 0 Å². The summed E-state index contributed by atoms with van der Waals surface area (Å²) in [6.07, 6.45) is 21.4. The molecular weight excluding hydrogens is 316 g/mol. The quantitative estimate of drug-likeness (QED) is 0.370. The van der Waals surface area contributed by atoms with Crippen LogP contribution in [0.2, 0.25) is 0 Å². The number of unbranched alkanes of at least 4 members (excludes halogenated alkanes) is 2. The Bertz CT molecular complexity index is 307. The van der Waals surface area contributed by atoms with Gasteiger partial charge in [-0.25, -0.2) is 0 Å². The molecule has 0 saturated heterocycles. The third-order valence-electron chi connectivity index (χ3n) is 6.61. The minimum absolute atomic E-state index is 0.483. The molecule has 0 amide bonds. The van der Waals surface area contributed by atoms with Crippen LogP contribution in [-0.4, -0.2) is 12.1 Å². The first-order valence-corrected chi connectivity index (χ1v) is 12.2. The number of hydrogen-bond acceptors (Lipinski definition) is 2. The average Bonchev–Trinajstić information content (AvgIpc) is 2.65. The van der Waals surface area contributed by atoms with Gasteiger partial charge >= 0.3 is 0 Å². The molecule has 0 spiro atoms.